The van der Waals surface area contributed by atoms with Crippen molar-refractivity contribution in [3.8, 4) is 0 Å². The lowest BCUT2D eigenvalue weighted by Gasteiger charge is -2.65. The van der Waals surface area contributed by atoms with Gasteiger partial charge in [-0.1, -0.05) is 6.92 Å². The third kappa shape index (κ3) is 0.235. The molecule has 1 nitrogen and oxygen atoms in total. The van der Waals surface area contributed by atoms with Gasteiger partial charge in [-0.2, -0.15) is 0 Å². The number of hydrogen-bond donors (Lipinski definition) is 0. The van der Waals surface area contributed by atoms with Crippen molar-refractivity contribution >= 4 is 0 Å². The van der Waals surface area contributed by atoms with Crippen LogP contribution in [0.15, 0.2) is 0 Å². The predicted octanol–water partition coefficient (Wildman–Crippen LogP) is 0.709. The van der Waals surface area contributed by atoms with Crippen LogP contribution in [-0.4, -0.2) is 24.0 Å². The Hall–Kier alpha value is -0.0400. The highest BCUT2D eigenvalue weighted by Crippen LogP contribution is 2.47. The van der Waals surface area contributed by atoms with Crippen LogP contribution >= 0.6 is 0 Å². The molecule has 0 radical (unpaired) electrons. The molecule has 0 amide bonds. The lowest BCUT2D eigenvalue weighted by molar-refractivity contribution is -0.147. The molecule has 2 aliphatic heterocycles. The Balaban J connectivity index is 2.07. The molecular formula is C6H11N. The first kappa shape index (κ1) is 3.90. The van der Waals surface area contributed by atoms with Gasteiger partial charge in [-0.15, -0.1) is 0 Å². The Labute approximate surface area is 44.3 Å². The summed E-state index contributed by atoms with van der Waals surface area (Å²) in [4.78, 5) is 2.46. The lowest BCUT2D eigenvalue weighted by atomic mass is 9.64. The summed E-state index contributed by atoms with van der Waals surface area (Å²) in [6.45, 7) is 2.35. The molecule has 0 aromatic rings. The molecule has 7 heavy (non-hydrogen) atoms. The summed E-state index contributed by atoms with van der Waals surface area (Å²) in [5, 5.41) is 0. The molecule has 3 atom stereocenters. The van der Waals surface area contributed by atoms with E-state index in [9.17, 15) is 0 Å². The molecule has 0 N–H and O–H groups in total. The van der Waals surface area contributed by atoms with E-state index in [4.69, 9.17) is 0 Å². The van der Waals surface area contributed by atoms with Gasteiger partial charge in [0.1, 0.15) is 0 Å². The summed E-state index contributed by atoms with van der Waals surface area (Å²) >= 11 is 0. The smallest absolute Gasteiger partial charge is 0.0151 e. The van der Waals surface area contributed by atoms with Crippen molar-refractivity contribution in [3.63, 3.8) is 0 Å². The normalized spacial score (nSPS) is 58.3. The maximum atomic E-state index is 2.46. The van der Waals surface area contributed by atoms with Crippen molar-refractivity contribution in [1.82, 2.24) is 4.90 Å². The highest BCUT2D eigenvalue weighted by molar-refractivity contribution is 5.09. The zero-order valence-corrected chi connectivity index (χ0v) is 4.89. The fraction of sp³-hybridized carbons (Fsp3) is 1.00. The lowest BCUT2D eigenvalue weighted by Crippen LogP contribution is -2.73. The van der Waals surface area contributed by atoms with E-state index in [0.717, 1.165) is 18.0 Å². The van der Waals surface area contributed by atoms with Crippen molar-refractivity contribution in [2.75, 3.05) is 7.05 Å². The molecule has 2 saturated heterocycles. The quantitative estimate of drug-likeness (QED) is 0.430. The Morgan fingerprint density at radius 1 is 1.43 bits per heavy atom. The van der Waals surface area contributed by atoms with E-state index in [0.29, 0.717) is 0 Å². The summed E-state index contributed by atoms with van der Waals surface area (Å²) in [5.41, 5.74) is 0. The zero-order valence-electron chi connectivity index (χ0n) is 4.89. The second-order valence-corrected chi connectivity index (χ2v) is 2.89. The molecule has 2 bridgehead atoms. The third-order valence-electron chi connectivity index (χ3n) is 2.74. The van der Waals surface area contributed by atoms with E-state index in [1.807, 2.05) is 0 Å². The summed E-state index contributed by atoms with van der Waals surface area (Å²) in [6, 6.07) is 1.95. The molecule has 3 rings (SSSR count). The molecule has 0 aromatic heterocycles. The van der Waals surface area contributed by atoms with Gasteiger partial charge in [-0.3, -0.25) is 4.90 Å². The molecule has 1 heteroatoms. The summed E-state index contributed by atoms with van der Waals surface area (Å²) in [7, 11) is 2.22. The Kier molecular flexibility index (Phi) is 0.487. The number of nitrogens with zero attached hydrogens (tertiary/aromatic N) is 1. The van der Waals surface area contributed by atoms with E-state index < -0.39 is 0 Å². The van der Waals surface area contributed by atoms with E-state index in [1.54, 1.807) is 0 Å². The maximum absolute atomic E-state index is 2.46. The Bertz CT molecular complexity index is 80.4. The monoisotopic (exact) mass is 97.1 g/mol. The van der Waals surface area contributed by atoms with Gasteiger partial charge in [0.2, 0.25) is 0 Å². The first-order valence-corrected chi connectivity index (χ1v) is 3.02. The molecular weight excluding hydrogens is 86.1 g/mol. The van der Waals surface area contributed by atoms with Crippen LogP contribution in [0.2, 0.25) is 0 Å². The number of rotatable bonds is 0. The van der Waals surface area contributed by atoms with Crippen molar-refractivity contribution in [1.29, 1.82) is 0 Å². The van der Waals surface area contributed by atoms with Crippen LogP contribution in [0.4, 0.5) is 0 Å². The summed E-state index contributed by atoms with van der Waals surface area (Å²) in [5.74, 6) is 1.03. The molecule has 1 aliphatic carbocycles. The molecule has 0 spiro atoms. The van der Waals surface area contributed by atoms with Crippen LogP contribution < -0.4 is 0 Å². The van der Waals surface area contributed by atoms with Gasteiger partial charge >= 0.3 is 0 Å². The van der Waals surface area contributed by atoms with Gasteiger partial charge in [0.25, 0.3) is 0 Å². The Morgan fingerprint density at radius 2 is 2.00 bits per heavy atom. The average Bonchev–Trinajstić information content (AvgIpc) is 1.60. The van der Waals surface area contributed by atoms with Crippen molar-refractivity contribution in [2.24, 2.45) is 5.92 Å². The van der Waals surface area contributed by atoms with Gasteiger partial charge in [-0.05, 0) is 19.4 Å². The van der Waals surface area contributed by atoms with Gasteiger partial charge in [0.05, 0.1) is 0 Å². The summed E-state index contributed by atoms with van der Waals surface area (Å²) in [6.07, 6.45) is 1.48. The maximum Gasteiger partial charge on any atom is 0.0151 e. The zero-order chi connectivity index (χ0) is 5.02. The molecule has 40 valence electrons. The first-order chi connectivity index (χ1) is 3.30. The van der Waals surface area contributed by atoms with Crippen molar-refractivity contribution in [3.05, 3.63) is 0 Å². The second kappa shape index (κ2) is 0.873. The van der Waals surface area contributed by atoms with Crippen LogP contribution in [0.5, 0.6) is 0 Å². The van der Waals surface area contributed by atoms with Gasteiger partial charge in [-0.25, -0.2) is 0 Å². The van der Waals surface area contributed by atoms with Crippen LogP contribution in [0, 0.1) is 5.92 Å². The van der Waals surface area contributed by atoms with Crippen LogP contribution in [-0.2, 0) is 0 Å². The fourth-order valence-corrected chi connectivity index (χ4v) is 1.82. The molecule has 3 aliphatic rings. The third-order valence-corrected chi connectivity index (χ3v) is 2.74. The standard InChI is InChI=1S/C6H11N/c1-4-5-3-6(4)7(5)2/h4-6H,3H2,1-2H3/t4?,5-,6?/m1/s1. The predicted molar refractivity (Wildman–Crippen MR) is 29.1 cm³/mol. The molecule has 1 saturated carbocycles. The van der Waals surface area contributed by atoms with Crippen LogP contribution in [0.1, 0.15) is 13.3 Å². The molecule has 0 aromatic carbocycles. The van der Waals surface area contributed by atoms with Gasteiger partial charge in [0, 0.05) is 12.1 Å². The summed E-state index contributed by atoms with van der Waals surface area (Å²) < 4.78 is 0. The van der Waals surface area contributed by atoms with Crippen molar-refractivity contribution in [2.45, 2.75) is 25.4 Å². The Morgan fingerprint density at radius 3 is 2.00 bits per heavy atom. The van der Waals surface area contributed by atoms with Crippen LogP contribution in [0.25, 0.3) is 0 Å². The minimum absolute atomic E-state index is 0.977. The minimum atomic E-state index is 0.977. The largest absolute Gasteiger partial charge is 0.300 e. The van der Waals surface area contributed by atoms with E-state index >= 15 is 0 Å². The van der Waals surface area contributed by atoms with E-state index in [2.05, 4.69) is 18.9 Å². The molecule has 2 unspecified atom stereocenters. The SMILES string of the molecule is CC1C2C[C@H]1N2C. The topological polar surface area (TPSA) is 3.24 Å². The average molecular weight is 97.2 g/mol. The van der Waals surface area contributed by atoms with E-state index in [1.165, 1.54) is 6.42 Å². The minimum Gasteiger partial charge on any atom is -0.300 e. The molecule has 2 heterocycles. The first-order valence-electron chi connectivity index (χ1n) is 3.02. The molecule has 3 fully saturated rings. The highest BCUT2D eigenvalue weighted by atomic mass is 15.3. The number of hydrogen-bond acceptors (Lipinski definition) is 1. The van der Waals surface area contributed by atoms with Gasteiger partial charge in [0.15, 0.2) is 0 Å². The second-order valence-electron chi connectivity index (χ2n) is 2.89. The van der Waals surface area contributed by atoms with Crippen molar-refractivity contribution < 1.29 is 0 Å². The highest BCUT2D eigenvalue weighted by Gasteiger charge is 2.54. The van der Waals surface area contributed by atoms with Crippen LogP contribution in [0.3, 0.4) is 0 Å². The van der Waals surface area contributed by atoms with E-state index in [-0.39, 0.29) is 0 Å². The fourth-order valence-electron chi connectivity index (χ4n) is 1.82. The van der Waals surface area contributed by atoms with Gasteiger partial charge < -0.3 is 0 Å².